The van der Waals surface area contributed by atoms with Crippen molar-refractivity contribution in [3.05, 3.63) is 16.5 Å². The zero-order valence-corrected chi connectivity index (χ0v) is 14.0. The molecule has 0 spiro atoms. The van der Waals surface area contributed by atoms with Gasteiger partial charge < -0.3 is 9.47 Å². The molecule has 1 unspecified atom stereocenters. The molecule has 0 fully saturated rings. The van der Waals surface area contributed by atoms with Crippen LogP contribution >= 0.6 is 11.3 Å². The highest BCUT2D eigenvalue weighted by atomic mass is 32.1. The fraction of sp³-hybridized carbons (Fsp3) is 0.467. The van der Waals surface area contributed by atoms with Crippen molar-refractivity contribution < 1.29 is 19.1 Å². The Labute approximate surface area is 133 Å². The molecule has 0 aromatic carbocycles. The maximum Gasteiger partial charge on any atom is 0.340 e. The number of hydrogen-bond acceptors (Lipinski definition) is 7. The summed E-state index contributed by atoms with van der Waals surface area (Å²) in [6.07, 6.45) is 1.19. The van der Waals surface area contributed by atoms with E-state index in [1.165, 1.54) is 24.7 Å². The average Bonchev–Trinajstić information content (AvgIpc) is 2.77. The predicted octanol–water partition coefficient (Wildman–Crippen LogP) is 3.03. The molecule has 0 amide bonds. The number of carbonyl (C=O) groups excluding carboxylic acids is 2. The molecule has 0 N–H and O–H groups in total. The van der Waals surface area contributed by atoms with Crippen LogP contribution in [0.25, 0.3) is 0 Å². The average molecular weight is 322 g/mol. The number of carbonyl (C=O) groups is 2. The van der Waals surface area contributed by atoms with Crippen LogP contribution in [0.3, 0.4) is 0 Å². The van der Waals surface area contributed by atoms with E-state index in [1.807, 2.05) is 13.0 Å². The number of hydrogen-bond donors (Lipinski definition) is 0. The number of esters is 2. The van der Waals surface area contributed by atoms with Gasteiger partial charge in [0.25, 0.3) is 0 Å². The third-order valence-electron chi connectivity index (χ3n) is 2.38. The van der Waals surface area contributed by atoms with E-state index in [0.717, 1.165) is 4.88 Å². The number of rotatable bonds is 4. The van der Waals surface area contributed by atoms with Gasteiger partial charge in [0.05, 0.1) is 18.7 Å². The smallest absolute Gasteiger partial charge is 0.340 e. The Morgan fingerprint density at radius 2 is 2.09 bits per heavy atom. The van der Waals surface area contributed by atoms with Gasteiger partial charge in [-0.15, -0.1) is 11.3 Å². The summed E-state index contributed by atoms with van der Waals surface area (Å²) in [4.78, 5) is 28.5. The van der Waals surface area contributed by atoms with Gasteiger partial charge in [0.1, 0.15) is 10.6 Å². The number of ether oxygens (including phenoxy) is 2. The molecule has 1 rings (SSSR count). The van der Waals surface area contributed by atoms with Gasteiger partial charge in [-0.25, -0.2) is 9.79 Å². The second-order valence-corrected chi connectivity index (χ2v) is 6.72. The Bertz CT molecular complexity index is 635. The molecular weight excluding hydrogens is 304 g/mol. The van der Waals surface area contributed by atoms with Gasteiger partial charge >= 0.3 is 11.9 Å². The van der Waals surface area contributed by atoms with E-state index in [2.05, 4.69) is 9.73 Å². The topological polar surface area (TPSA) is 88.8 Å². The summed E-state index contributed by atoms with van der Waals surface area (Å²) in [5.41, 5.74) is -0.376. The maximum absolute atomic E-state index is 11.9. The Morgan fingerprint density at radius 1 is 1.45 bits per heavy atom. The van der Waals surface area contributed by atoms with E-state index in [0.29, 0.717) is 10.6 Å². The zero-order valence-electron chi connectivity index (χ0n) is 13.2. The van der Waals surface area contributed by atoms with E-state index in [1.54, 1.807) is 26.8 Å². The summed E-state index contributed by atoms with van der Waals surface area (Å²) in [5, 5.41) is 9.47. The molecule has 0 aliphatic rings. The summed E-state index contributed by atoms with van der Waals surface area (Å²) < 4.78 is 9.82. The summed E-state index contributed by atoms with van der Waals surface area (Å²) in [6, 6.07) is 3.48. The Morgan fingerprint density at radius 3 is 2.59 bits per heavy atom. The first-order valence-corrected chi connectivity index (χ1v) is 7.35. The molecule has 0 bridgehead atoms. The van der Waals surface area contributed by atoms with Crippen LogP contribution in [0.4, 0.5) is 5.00 Å². The third-order valence-corrected chi connectivity index (χ3v) is 3.34. The van der Waals surface area contributed by atoms with Crippen molar-refractivity contribution in [3.63, 3.8) is 0 Å². The van der Waals surface area contributed by atoms with Gasteiger partial charge in [-0.05, 0) is 33.8 Å². The summed E-state index contributed by atoms with van der Waals surface area (Å²) in [7, 11) is 1.28. The minimum atomic E-state index is -1.13. The van der Waals surface area contributed by atoms with Crippen molar-refractivity contribution in [1.82, 2.24) is 0 Å². The largest absolute Gasteiger partial charge is 0.465 e. The van der Waals surface area contributed by atoms with Crippen LogP contribution in [0.5, 0.6) is 0 Å². The standard InChI is InChI=1S/C15H18N2O4S/c1-9-6-11(14(19)20-5)12(22-9)17-8-10(7-16)13(18)21-15(2,3)4/h6,8,10H,1-5H3. The molecule has 1 aromatic heterocycles. The first kappa shape index (κ1) is 17.9. The quantitative estimate of drug-likeness (QED) is 0.628. The molecule has 0 aliphatic carbocycles. The lowest BCUT2D eigenvalue weighted by molar-refractivity contribution is -0.155. The summed E-state index contributed by atoms with van der Waals surface area (Å²) >= 11 is 1.28. The van der Waals surface area contributed by atoms with Crippen molar-refractivity contribution in [2.75, 3.05) is 7.11 Å². The molecule has 6 nitrogen and oxygen atoms in total. The second-order valence-electron chi connectivity index (χ2n) is 5.49. The van der Waals surface area contributed by atoms with Crippen LogP contribution in [0, 0.1) is 24.2 Å². The van der Waals surface area contributed by atoms with Gasteiger partial charge in [0, 0.05) is 11.1 Å². The van der Waals surface area contributed by atoms with Crippen LogP contribution in [0.2, 0.25) is 0 Å². The van der Waals surface area contributed by atoms with Crippen molar-refractivity contribution in [1.29, 1.82) is 5.26 Å². The number of aryl methyl sites for hydroxylation is 1. The number of methoxy groups -OCH3 is 1. The van der Waals surface area contributed by atoms with Crippen molar-refractivity contribution in [2.45, 2.75) is 33.3 Å². The van der Waals surface area contributed by atoms with Crippen molar-refractivity contribution in [2.24, 2.45) is 10.9 Å². The van der Waals surface area contributed by atoms with E-state index in [9.17, 15) is 9.59 Å². The van der Waals surface area contributed by atoms with E-state index >= 15 is 0 Å². The van der Waals surface area contributed by atoms with Gasteiger partial charge in [-0.3, -0.25) is 4.79 Å². The Balaban J connectivity index is 2.97. The van der Waals surface area contributed by atoms with E-state index in [-0.39, 0.29) is 0 Å². The highest BCUT2D eigenvalue weighted by Crippen LogP contribution is 2.31. The minimum Gasteiger partial charge on any atom is -0.465 e. The van der Waals surface area contributed by atoms with Crippen LogP contribution in [0.1, 0.15) is 36.0 Å². The first-order chi connectivity index (χ1) is 10.2. The van der Waals surface area contributed by atoms with Crippen molar-refractivity contribution in [3.8, 4) is 6.07 Å². The molecular formula is C15H18N2O4S. The number of nitrogens with zero attached hydrogens (tertiary/aromatic N) is 2. The fourth-order valence-electron chi connectivity index (χ4n) is 1.51. The van der Waals surface area contributed by atoms with E-state index < -0.39 is 23.5 Å². The molecule has 1 heterocycles. The number of thiophene rings is 1. The normalized spacial score (nSPS) is 12.7. The van der Waals surface area contributed by atoms with Gasteiger partial charge in [-0.2, -0.15) is 5.26 Å². The van der Waals surface area contributed by atoms with Crippen LogP contribution < -0.4 is 0 Å². The highest BCUT2D eigenvalue weighted by molar-refractivity contribution is 7.16. The Hall–Kier alpha value is -2.20. The molecule has 1 aromatic rings. The molecule has 7 heteroatoms. The molecule has 1 atom stereocenters. The molecule has 0 saturated heterocycles. The maximum atomic E-state index is 11.9. The van der Waals surface area contributed by atoms with Gasteiger partial charge in [-0.1, -0.05) is 0 Å². The predicted molar refractivity (Wildman–Crippen MR) is 83.5 cm³/mol. The monoisotopic (exact) mass is 322 g/mol. The fourth-order valence-corrected chi connectivity index (χ4v) is 2.36. The van der Waals surface area contributed by atoms with Crippen LogP contribution in [-0.2, 0) is 14.3 Å². The zero-order chi connectivity index (χ0) is 16.9. The van der Waals surface area contributed by atoms with Crippen molar-refractivity contribution >= 4 is 34.5 Å². The molecule has 0 saturated carbocycles. The number of aliphatic imine (C=N–C) groups is 1. The molecule has 118 valence electrons. The van der Waals surface area contributed by atoms with Gasteiger partial charge in [0.2, 0.25) is 0 Å². The first-order valence-electron chi connectivity index (χ1n) is 6.53. The molecule has 22 heavy (non-hydrogen) atoms. The molecule has 0 radical (unpaired) electrons. The second kappa shape index (κ2) is 7.18. The highest BCUT2D eigenvalue weighted by Gasteiger charge is 2.24. The summed E-state index contributed by atoms with van der Waals surface area (Å²) in [5.74, 6) is -2.32. The lowest BCUT2D eigenvalue weighted by Gasteiger charge is -2.20. The van der Waals surface area contributed by atoms with Crippen LogP contribution in [-0.4, -0.2) is 30.9 Å². The number of nitriles is 1. The Kier molecular flexibility index (Phi) is 5.83. The lowest BCUT2D eigenvalue weighted by atomic mass is 10.1. The SMILES string of the molecule is COC(=O)c1cc(C)sc1N=CC(C#N)C(=O)OC(C)(C)C. The van der Waals surface area contributed by atoms with Gasteiger partial charge in [0.15, 0.2) is 5.92 Å². The molecule has 0 aliphatic heterocycles. The van der Waals surface area contributed by atoms with Crippen LogP contribution in [0.15, 0.2) is 11.1 Å². The summed E-state index contributed by atoms with van der Waals surface area (Å²) in [6.45, 7) is 6.98. The van der Waals surface area contributed by atoms with E-state index in [4.69, 9.17) is 10.00 Å². The third kappa shape index (κ3) is 4.97. The minimum absolute atomic E-state index is 0.308. The lowest BCUT2D eigenvalue weighted by Crippen LogP contribution is -2.28.